The van der Waals surface area contributed by atoms with Crippen LogP contribution in [-0.2, 0) is 4.79 Å². The highest BCUT2D eigenvalue weighted by Crippen LogP contribution is 2.29. The molecule has 1 aliphatic heterocycles. The number of nitrogens with one attached hydrogen (secondary N) is 1. The molecule has 0 spiro atoms. The van der Waals surface area contributed by atoms with Gasteiger partial charge in [-0.25, -0.2) is 4.39 Å². The highest BCUT2D eigenvalue weighted by atomic mass is 19.1. The lowest BCUT2D eigenvalue weighted by atomic mass is 10.1. The summed E-state index contributed by atoms with van der Waals surface area (Å²) in [5.41, 5.74) is 1.56. The highest BCUT2D eigenvalue weighted by Gasteiger charge is 2.16. The van der Waals surface area contributed by atoms with Crippen LogP contribution in [-0.4, -0.2) is 45.5 Å². The van der Waals surface area contributed by atoms with Crippen LogP contribution in [0.4, 0.5) is 10.1 Å². The molecule has 0 aromatic heterocycles. The number of nitrogens with zero attached hydrogens (tertiary/aromatic N) is 1. The summed E-state index contributed by atoms with van der Waals surface area (Å²) in [7, 11) is 3.02. The fraction of sp³-hybridized carbons (Fsp3) is 0.333. The Labute approximate surface area is 181 Å². The second-order valence-electron chi connectivity index (χ2n) is 7.28. The first kappa shape index (κ1) is 22.3. The van der Waals surface area contributed by atoms with Gasteiger partial charge in [-0.3, -0.25) is 9.59 Å². The first-order valence-corrected chi connectivity index (χ1v) is 10.3. The molecule has 3 rings (SSSR count). The Bertz CT molecular complexity index is 968. The number of anilines is 1. The summed E-state index contributed by atoms with van der Waals surface area (Å²) in [5, 5.41) is 2.48. The largest absolute Gasteiger partial charge is 0.493 e. The number of rotatable bonds is 8. The lowest BCUT2D eigenvalue weighted by molar-refractivity contribution is -0.122. The van der Waals surface area contributed by atoms with Crippen molar-refractivity contribution in [1.29, 1.82) is 0 Å². The van der Waals surface area contributed by atoms with Crippen LogP contribution < -0.4 is 19.7 Å². The van der Waals surface area contributed by atoms with Crippen LogP contribution in [0.3, 0.4) is 0 Å². The van der Waals surface area contributed by atoms with E-state index in [1.165, 1.54) is 32.7 Å². The Hall–Kier alpha value is -3.35. The van der Waals surface area contributed by atoms with Crippen molar-refractivity contribution in [3.8, 4) is 11.5 Å². The van der Waals surface area contributed by atoms with Crippen molar-refractivity contribution in [1.82, 2.24) is 5.32 Å². The van der Waals surface area contributed by atoms with Gasteiger partial charge in [-0.05, 0) is 61.2 Å². The van der Waals surface area contributed by atoms with Crippen molar-refractivity contribution in [3.63, 3.8) is 0 Å². The molecule has 164 valence electrons. The molecule has 0 atom stereocenters. The second-order valence-corrected chi connectivity index (χ2v) is 7.28. The molecular weight excluding hydrogens is 399 g/mol. The third kappa shape index (κ3) is 5.84. The zero-order valence-corrected chi connectivity index (χ0v) is 17.8. The summed E-state index contributed by atoms with van der Waals surface area (Å²) in [5.74, 6) is -0.0565. The number of likely N-dealkylation sites (N-methyl/N-ethyl adjacent to an activating group) is 1. The van der Waals surface area contributed by atoms with Crippen molar-refractivity contribution in [2.24, 2.45) is 0 Å². The van der Waals surface area contributed by atoms with E-state index in [1.807, 2.05) is 4.90 Å². The maximum atomic E-state index is 14.6. The quantitative estimate of drug-likeness (QED) is 0.513. The second kappa shape index (κ2) is 10.6. The third-order valence-electron chi connectivity index (χ3n) is 5.18. The van der Waals surface area contributed by atoms with Gasteiger partial charge in [-0.15, -0.1) is 0 Å². The Balaban J connectivity index is 1.69. The van der Waals surface area contributed by atoms with E-state index in [0.29, 0.717) is 28.3 Å². The number of carbonyl (C=O) groups excluding carboxylic acids is 2. The Morgan fingerprint density at radius 1 is 1.10 bits per heavy atom. The van der Waals surface area contributed by atoms with E-state index in [1.54, 1.807) is 36.4 Å². The summed E-state index contributed by atoms with van der Waals surface area (Å²) in [6.07, 6.45) is 6.31. The zero-order chi connectivity index (χ0) is 22.2. The van der Waals surface area contributed by atoms with Crippen molar-refractivity contribution < 1.29 is 23.5 Å². The molecule has 1 heterocycles. The number of allylic oxidation sites excluding steroid dienone is 1. The molecule has 0 bridgehead atoms. The number of benzene rings is 2. The van der Waals surface area contributed by atoms with Gasteiger partial charge in [0.1, 0.15) is 5.82 Å². The molecule has 7 heteroatoms. The normalized spacial score (nSPS) is 13.8. The SMILES string of the molecule is CNC(=O)COc1ccc(C=CC(=O)c2ccc(N3CCCCC3)c(F)c2)cc1OC. The van der Waals surface area contributed by atoms with Crippen molar-refractivity contribution >= 4 is 23.5 Å². The topological polar surface area (TPSA) is 67.9 Å². The zero-order valence-electron chi connectivity index (χ0n) is 17.8. The van der Waals surface area contributed by atoms with Crippen molar-refractivity contribution in [3.05, 3.63) is 59.4 Å². The first-order chi connectivity index (χ1) is 15.0. The number of piperidine rings is 1. The molecule has 0 aliphatic carbocycles. The molecule has 2 aromatic carbocycles. The van der Waals surface area contributed by atoms with E-state index in [4.69, 9.17) is 9.47 Å². The van der Waals surface area contributed by atoms with Crippen LogP contribution in [0.25, 0.3) is 6.08 Å². The van der Waals surface area contributed by atoms with Gasteiger partial charge in [-0.1, -0.05) is 12.1 Å². The molecule has 31 heavy (non-hydrogen) atoms. The van der Waals surface area contributed by atoms with E-state index in [9.17, 15) is 14.0 Å². The first-order valence-electron chi connectivity index (χ1n) is 10.3. The summed E-state index contributed by atoms with van der Waals surface area (Å²) in [4.78, 5) is 25.9. The number of ether oxygens (including phenoxy) is 2. The van der Waals surface area contributed by atoms with Crippen LogP contribution in [0.1, 0.15) is 35.2 Å². The van der Waals surface area contributed by atoms with Gasteiger partial charge in [-0.2, -0.15) is 0 Å². The molecule has 1 fully saturated rings. The lowest BCUT2D eigenvalue weighted by Gasteiger charge is -2.29. The Morgan fingerprint density at radius 3 is 2.55 bits per heavy atom. The molecule has 1 amide bonds. The molecular formula is C24H27FN2O4. The van der Waals surface area contributed by atoms with Crippen LogP contribution in [0.15, 0.2) is 42.5 Å². The van der Waals surface area contributed by atoms with Gasteiger partial charge in [0.25, 0.3) is 5.91 Å². The molecule has 6 nitrogen and oxygen atoms in total. The van der Waals surface area contributed by atoms with Gasteiger partial charge in [0.15, 0.2) is 23.9 Å². The van der Waals surface area contributed by atoms with E-state index >= 15 is 0 Å². The summed E-state index contributed by atoms with van der Waals surface area (Å²) in [6.45, 7) is 1.56. The van der Waals surface area contributed by atoms with Crippen molar-refractivity contribution in [2.75, 3.05) is 38.8 Å². The van der Waals surface area contributed by atoms with Gasteiger partial charge >= 0.3 is 0 Å². The lowest BCUT2D eigenvalue weighted by Crippen LogP contribution is -2.30. The smallest absolute Gasteiger partial charge is 0.257 e. The number of methoxy groups -OCH3 is 1. The maximum Gasteiger partial charge on any atom is 0.257 e. The molecule has 1 aliphatic rings. The molecule has 1 N–H and O–H groups in total. The Kier molecular flexibility index (Phi) is 7.65. The monoisotopic (exact) mass is 426 g/mol. The molecule has 0 radical (unpaired) electrons. The minimum atomic E-state index is -0.375. The van der Waals surface area contributed by atoms with Gasteiger partial charge in [0.05, 0.1) is 12.8 Å². The van der Waals surface area contributed by atoms with E-state index in [0.717, 1.165) is 25.9 Å². The number of hydrogen-bond donors (Lipinski definition) is 1. The third-order valence-corrected chi connectivity index (χ3v) is 5.18. The number of amides is 1. The average molecular weight is 426 g/mol. The van der Waals surface area contributed by atoms with E-state index in [2.05, 4.69) is 5.32 Å². The van der Waals surface area contributed by atoms with E-state index in [-0.39, 0.29) is 24.1 Å². The van der Waals surface area contributed by atoms with Gasteiger partial charge in [0.2, 0.25) is 0 Å². The number of carbonyl (C=O) groups is 2. The summed E-state index contributed by atoms with van der Waals surface area (Å²) < 4.78 is 25.3. The molecule has 2 aromatic rings. The maximum absolute atomic E-state index is 14.6. The Morgan fingerprint density at radius 2 is 1.87 bits per heavy atom. The van der Waals surface area contributed by atoms with Gasteiger partial charge < -0.3 is 19.7 Å². The minimum absolute atomic E-state index is 0.125. The van der Waals surface area contributed by atoms with E-state index < -0.39 is 0 Å². The number of halogens is 1. The standard InChI is InChI=1S/C24H27FN2O4/c1-26-24(29)16-31-22-11-7-17(14-23(22)30-2)6-10-21(28)18-8-9-20(19(25)15-18)27-12-4-3-5-13-27/h6-11,14-15H,3-5,12-13,16H2,1-2H3,(H,26,29). The minimum Gasteiger partial charge on any atom is -0.493 e. The van der Waals surface area contributed by atoms with Gasteiger partial charge in [0, 0.05) is 25.7 Å². The predicted octanol–water partition coefficient (Wildman–Crippen LogP) is 3.85. The highest BCUT2D eigenvalue weighted by molar-refractivity contribution is 6.07. The molecule has 1 saturated heterocycles. The fourth-order valence-corrected chi connectivity index (χ4v) is 3.44. The number of ketones is 1. The average Bonchev–Trinajstić information content (AvgIpc) is 2.81. The van der Waals surface area contributed by atoms with Crippen LogP contribution >= 0.6 is 0 Å². The molecule has 0 saturated carbocycles. The van der Waals surface area contributed by atoms with Crippen molar-refractivity contribution in [2.45, 2.75) is 19.3 Å². The summed E-state index contributed by atoms with van der Waals surface area (Å²) in [6, 6.07) is 9.75. The molecule has 0 unspecified atom stereocenters. The van der Waals surface area contributed by atoms with Crippen LogP contribution in [0, 0.1) is 5.82 Å². The fourth-order valence-electron chi connectivity index (χ4n) is 3.44. The summed E-state index contributed by atoms with van der Waals surface area (Å²) >= 11 is 0. The predicted molar refractivity (Wildman–Crippen MR) is 118 cm³/mol. The number of hydrogen-bond acceptors (Lipinski definition) is 5. The van der Waals surface area contributed by atoms with Crippen LogP contribution in [0.5, 0.6) is 11.5 Å². The van der Waals surface area contributed by atoms with Crippen LogP contribution in [0.2, 0.25) is 0 Å².